The van der Waals surface area contributed by atoms with Crippen LogP contribution in [0.3, 0.4) is 0 Å². The lowest BCUT2D eigenvalue weighted by molar-refractivity contribution is -0.137. The Morgan fingerprint density at radius 3 is 2.33 bits per heavy atom. The zero-order valence-corrected chi connectivity index (χ0v) is 11.3. The van der Waals surface area contributed by atoms with Crippen LogP contribution in [0.25, 0.3) is 0 Å². The molecule has 5 nitrogen and oxygen atoms in total. The van der Waals surface area contributed by atoms with Crippen molar-refractivity contribution in [3.63, 3.8) is 0 Å². The van der Waals surface area contributed by atoms with Gasteiger partial charge in [0.1, 0.15) is 0 Å². The van der Waals surface area contributed by atoms with Gasteiger partial charge in [0.25, 0.3) is 0 Å². The highest BCUT2D eigenvalue weighted by Crippen LogP contribution is 2.17. The van der Waals surface area contributed by atoms with Crippen LogP contribution >= 0.6 is 0 Å². The first-order valence-corrected chi connectivity index (χ1v) is 6.76. The summed E-state index contributed by atoms with van der Waals surface area (Å²) in [5.41, 5.74) is 0. The van der Waals surface area contributed by atoms with Crippen LogP contribution in [0.4, 0.5) is 0 Å². The maximum absolute atomic E-state index is 12.1. The van der Waals surface area contributed by atoms with Gasteiger partial charge in [-0.05, 0) is 31.8 Å². The number of carbonyl (C=O) groups excluding carboxylic acids is 1. The van der Waals surface area contributed by atoms with E-state index in [1.165, 1.54) is 6.42 Å². The van der Waals surface area contributed by atoms with Crippen molar-refractivity contribution in [3.05, 3.63) is 0 Å². The van der Waals surface area contributed by atoms with E-state index in [0.717, 1.165) is 25.9 Å². The van der Waals surface area contributed by atoms with Crippen LogP contribution in [0.15, 0.2) is 0 Å². The quantitative estimate of drug-likeness (QED) is 0.746. The van der Waals surface area contributed by atoms with Gasteiger partial charge in [0.2, 0.25) is 5.91 Å². The summed E-state index contributed by atoms with van der Waals surface area (Å²) in [6.45, 7) is 6.22. The van der Waals surface area contributed by atoms with Crippen LogP contribution in [0.2, 0.25) is 0 Å². The van der Waals surface area contributed by atoms with Gasteiger partial charge >= 0.3 is 5.97 Å². The lowest BCUT2D eigenvalue weighted by Gasteiger charge is -2.35. The number of likely N-dealkylation sites (tertiary alicyclic amines) is 1. The Morgan fingerprint density at radius 2 is 1.83 bits per heavy atom. The number of rotatable bonds is 6. The number of piperidine rings is 1. The molecule has 1 atom stereocenters. The fourth-order valence-electron chi connectivity index (χ4n) is 2.48. The molecule has 1 saturated heterocycles. The summed E-state index contributed by atoms with van der Waals surface area (Å²) in [7, 11) is 0. The van der Waals surface area contributed by atoms with Crippen LogP contribution in [-0.4, -0.2) is 47.6 Å². The number of carbonyl (C=O) groups is 2. The number of amides is 1. The molecule has 1 aliphatic rings. The van der Waals surface area contributed by atoms with Gasteiger partial charge in [-0.1, -0.05) is 20.3 Å². The van der Waals surface area contributed by atoms with Crippen LogP contribution in [0, 0.1) is 5.92 Å². The molecule has 0 aromatic heterocycles. The standard InChI is InChI=1S/C13H24N2O3/c1-10(2)12(15-8-4-3-5-9-15)13(18)14-7-6-11(16)17/h10,12H,3-9H2,1-2H3,(H,14,18)(H,16,17). The lowest BCUT2D eigenvalue weighted by Crippen LogP contribution is -2.51. The van der Waals surface area contributed by atoms with Crippen LogP contribution < -0.4 is 5.32 Å². The molecule has 1 aliphatic heterocycles. The average Bonchev–Trinajstić information content (AvgIpc) is 2.29. The van der Waals surface area contributed by atoms with Gasteiger partial charge in [-0.25, -0.2) is 0 Å². The number of aliphatic carboxylic acids is 1. The third-order valence-electron chi connectivity index (χ3n) is 3.32. The lowest BCUT2D eigenvalue weighted by atomic mass is 9.98. The topological polar surface area (TPSA) is 69.6 Å². The molecule has 0 radical (unpaired) electrons. The van der Waals surface area contributed by atoms with Crippen LogP contribution in [0.5, 0.6) is 0 Å². The second kappa shape index (κ2) is 7.36. The Bertz CT molecular complexity index is 286. The van der Waals surface area contributed by atoms with Crippen molar-refractivity contribution in [3.8, 4) is 0 Å². The highest BCUT2D eigenvalue weighted by Gasteiger charge is 2.29. The van der Waals surface area contributed by atoms with E-state index in [4.69, 9.17) is 5.11 Å². The summed E-state index contributed by atoms with van der Waals surface area (Å²) in [5.74, 6) is -0.671. The van der Waals surface area contributed by atoms with E-state index < -0.39 is 5.97 Å². The molecule has 1 unspecified atom stereocenters. The zero-order valence-electron chi connectivity index (χ0n) is 11.3. The fraction of sp³-hybridized carbons (Fsp3) is 0.846. The molecule has 0 spiro atoms. The molecule has 0 aliphatic carbocycles. The smallest absolute Gasteiger partial charge is 0.305 e. The fourth-order valence-corrected chi connectivity index (χ4v) is 2.48. The molecule has 1 fully saturated rings. The van der Waals surface area contributed by atoms with Crippen molar-refractivity contribution in [2.24, 2.45) is 5.92 Å². The van der Waals surface area contributed by atoms with Crippen molar-refractivity contribution in [2.75, 3.05) is 19.6 Å². The number of carboxylic acids is 1. The van der Waals surface area contributed by atoms with E-state index in [0.29, 0.717) is 0 Å². The van der Waals surface area contributed by atoms with Gasteiger partial charge in [-0.2, -0.15) is 0 Å². The van der Waals surface area contributed by atoms with Gasteiger partial charge in [0.15, 0.2) is 0 Å². The van der Waals surface area contributed by atoms with E-state index in [2.05, 4.69) is 10.2 Å². The first-order chi connectivity index (χ1) is 8.52. The molecule has 0 aromatic carbocycles. The monoisotopic (exact) mass is 256 g/mol. The first-order valence-electron chi connectivity index (χ1n) is 6.76. The predicted octanol–water partition coefficient (Wildman–Crippen LogP) is 1.09. The molecule has 1 heterocycles. The van der Waals surface area contributed by atoms with Crippen LogP contribution in [0.1, 0.15) is 39.5 Å². The van der Waals surface area contributed by atoms with E-state index in [9.17, 15) is 9.59 Å². The molecular formula is C13H24N2O3. The second-order valence-electron chi connectivity index (χ2n) is 5.22. The van der Waals surface area contributed by atoms with Gasteiger partial charge in [-0.3, -0.25) is 14.5 Å². The molecule has 1 amide bonds. The van der Waals surface area contributed by atoms with Gasteiger partial charge in [0.05, 0.1) is 12.5 Å². The Balaban J connectivity index is 2.49. The molecule has 0 aromatic rings. The largest absolute Gasteiger partial charge is 0.481 e. The molecule has 5 heteroatoms. The van der Waals surface area contributed by atoms with Gasteiger partial charge in [-0.15, -0.1) is 0 Å². The number of nitrogens with one attached hydrogen (secondary N) is 1. The minimum atomic E-state index is -0.880. The summed E-state index contributed by atoms with van der Waals surface area (Å²) in [4.78, 5) is 24.8. The molecule has 0 saturated carbocycles. The Labute approximate surface area is 109 Å². The molecular weight excluding hydrogens is 232 g/mol. The van der Waals surface area contributed by atoms with E-state index in [-0.39, 0.29) is 30.8 Å². The molecule has 104 valence electrons. The maximum atomic E-state index is 12.1. The molecule has 1 rings (SSSR count). The normalized spacial score (nSPS) is 18.6. The summed E-state index contributed by atoms with van der Waals surface area (Å²) in [6, 6.07) is -0.126. The van der Waals surface area contributed by atoms with Crippen molar-refractivity contribution >= 4 is 11.9 Å². The zero-order chi connectivity index (χ0) is 13.5. The highest BCUT2D eigenvalue weighted by atomic mass is 16.4. The van der Waals surface area contributed by atoms with Crippen molar-refractivity contribution in [1.82, 2.24) is 10.2 Å². The van der Waals surface area contributed by atoms with E-state index in [1.807, 2.05) is 13.8 Å². The van der Waals surface area contributed by atoms with Gasteiger partial charge < -0.3 is 10.4 Å². The molecule has 0 bridgehead atoms. The third kappa shape index (κ3) is 4.64. The highest BCUT2D eigenvalue weighted by molar-refractivity contribution is 5.82. The summed E-state index contributed by atoms with van der Waals surface area (Å²) in [5, 5.41) is 11.3. The van der Waals surface area contributed by atoms with Crippen molar-refractivity contribution < 1.29 is 14.7 Å². The third-order valence-corrected chi connectivity index (χ3v) is 3.32. The van der Waals surface area contributed by atoms with E-state index >= 15 is 0 Å². The predicted molar refractivity (Wildman–Crippen MR) is 69.3 cm³/mol. The summed E-state index contributed by atoms with van der Waals surface area (Å²) >= 11 is 0. The number of nitrogens with zero attached hydrogens (tertiary/aromatic N) is 1. The second-order valence-corrected chi connectivity index (χ2v) is 5.22. The summed E-state index contributed by atoms with van der Waals surface area (Å²) < 4.78 is 0. The van der Waals surface area contributed by atoms with Crippen LogP contribution in [-0.2, 0) is 9.59 Å². The molecule has 2 N–H and O–H groups in total. The number of carboxylic acid groups (broad SMARTS) is 1. The first kappa shape index (κ1) is 15.0. The average molecular weight is 256 g/mol. The maximum Gasteiger partial charge on any atom is 0.305 e. The Hall–Kier alpha value is -1.10. The Kier molecular flexibility index (Phi) is 6.12. The van der Waals surface area contributed by atoms with Gasteiger partial charge in [0, 0.05) is 6.54 Å². The summed E-state index contributed by atoms with van der Waals surface area (Å²) in [6.07, 6.45) is 3.51. The number of hydrogen-bond donors (Lipinski definition) is 2. The van der Waals surface area contributed by atoms with Crippen molar-refractivity contribution in [1.29, 1.82) is 0 Å². The minimum absolute atomic E-state index is 0.0173. The van der Waals surface area contributed by atoms with E-state index in [1.54, 1.807) is 0 Å². The number of hydrogen-bond acceptors (Lipinski definition) is 3. The molecule has 18 heavy (non-hydrogen) atoms. The Morgan fingerprint density at radius 1 is 1.22 bits per heavy atom. The minimum Gasteiger partial charge on any atom is -0.481 e. The van der Waals surface area contributed by atoms with Crippen molar-refractivity contribution in [2.45, 2.75) is 45.6 Å². The SMILES string of the molecule is CC(C)C(C(=O)NCCC(=O)O)N1CCCCC1.